The number of rotatable bonds is 2. The molecule has 6 heteroatoms. The van der Waals surface area contributed by atoms with E-state index < -0.39 is 17.0 Å². The molecule has 0 saturated carbocycles. The van der Waals surface area contributed by atoms with Gasteiger partial charge in [-0.2, -0.15) is 0 Å². The van der Waals surface area contributed by atoms with Gasteiger partial charge in [-0.15, -0.1) is 0 Å². The van der Waals surface area contributed by atoms with Crippen molar-refractivity contribution >= 4 is 17.0 Å². The van der Waals surface area contributed by atoms with Crippen LogP contribution in [-0.2, 0) is 15.8 Å². The van der Waals surface area contributed by atoms with Crippen LogP contribution in [-0.4, -0.2) is 21.8 Å². The van der Waals surface area contributed by atoms with Crippen LogP contribution in [0.4, 0.5) is 0 Å². The van der Waals surface area contributed by atoms with Crippen LogP contribution >= 0.6 is 0 Å². The number of hydrogen-bond acceptors (Lipinski definition) is 4. The van der Waals surface area contributed by atoms with Gasteiger partial charge in [0.25, 0.3) is 0 Å². The second kappa shape index (κ2) is 6.31. The second-order valence-electron chi connectivity index (χ2n) is 2.22. The minimum absolute atomic E-state index is 0. The van der Waals surface area contributed by atoms with Gasteiger partial charge in [-0.1, -0.05) is 12.1 Å². The number of carbonyl (C=O) groups is 1. The van der Waals surface area contributed by atoms with Gasteiger partial charge in [0.05, 0.1) is 12.7 Å². The average molecular weight is 222 g/mol. The monoisotopic (exact) mass is 222 g/mol. The van der Waals surface area contributed by atoms with Crippen molar-refractivity contribution in [2.24, 2.45) is 0 Å². The third kappa shape index (κ3) is 3.18. The Labute approximate surface area is 106 Å². The molecule has 0 bridgehead atoms. The fourth-order valence-corrected chi connectivity index (χ4v) is 1.41. The Morgan fingerprint density at radius 3 is 2.50 bits per heavy atom. The van der Waals surface area contributed by atoms with Crippen LogP contribution in [0.3, 0.4) is 0 Å². The standard InChI is InChI=1S/C8H8O4S.Na/c1-12-8(9)6-4-2-3-5-7(6)13(10)11;/h2-5H,1H3,(H,10,11);/q;+1/p-1. The molecule has 0 radical (unpaired) electrons. The van der Waals surface area contributed by atoms with Crippen molar-refractivity contribution < 1.29 is 47.9 Å². The third-order valence-corrected chi connectivity index (χ3v) is 2.19. The smallest absolute Gasteiger partial charge is 0.768 e. The number of ether oxygens (including phenoxy) is 1. The maximum absolute atomic E-state index is 11.0. The molecule has 4 nitrogen and oxygen atoms in total. The molecule has 1 aromatic rings. The van der Waals surface area contributed by atoms with E-state index in [0.29, 0.717) is 0 Å². The summed E-state index contributed by atoms with van der Waals surface area (Å²) in [7, 11) is 1.20. The first-order valence-corrected chi connectivity index (χ1v) is 4.51. The SMILES string of the molecule is COC(=O)c1ccccc1S(=O)[O-].[Na+]. The fourth-order valence-electron chi connectivity index (χ4n) is 0.891. The van der Waals surface area contributed by atoms with Gasteiger partial charge in [0, 0.05) is 4.90 Å². The van der Waals surface area contributed by atoms with E-state index in [2.05, 4.69) is 4.74 Å². The van der Waals surface area contributed by atoms with Gasteiger partial charge in [-0.05, 0) is 23.2 Å². The largest absolute Gasteiger partial charge is 1.00 e. The second-order valence-corrected chi connectivity index (χ2v) is 3.13. The molecular weight excluding hydrogens is 215 g/mol. The summed E-state index contributed by atoms with van der Waals surface area (Å²) in [6.07, 6.45) is 0. The Morgan fingerprint density at radius 1 is 1.43 bits per heavy atom. The molecule has 0 fully saturated rings. The predicted octanol–water partition coefficient (Wildman–Crippen LogP) is -2.28. The van der Waals surface area contributed by atoms with Crippen LogP contribution in [0, 0.1) is 0 Å². The third-order valence-electron chi connectivity index (χ3n) is 1.47. The van der Waals surface area contributed by atoms with Gasteiger partial charge < -0.3 is 9.29 Å². The van der Waals surface area contributed by atoms with Crippen LogP contribution in [0.2, 0.25) is 0 Å². The molecule has 0 saturated heterocycles. The van der Waals surface area contributed by atoms with Gasteiger partial charge >= 0.3 is 35.5 Å². The van der Waals surface area contributed by atoms with Gasteiger partial charge in [0.15, 0.2) is 0 Å². The Morgan fingerprint density at radius 2 is 2.00 bits per heavy atom. The minimum atomic E-state index is -2.41. The van der Waals surface area contributed by atoms with Gasteiger partial charge in [0.2, 0.25) is 0 Å². The summed E-state index contributed by atoms with van der Waals surface area (Å²) in [5.74, 6) is -0.653. The van der Waals surface area contributed by atoms with E-state index in [1.807, 2.05) is 0 Å². The van der Waals surface area contributed by atoms with Crippen molar-refractivity contribution in [3.8, 4) is 0 Å². The molecule has 0 aromatic heterocycles. The van der Waals surface area contributed by atoms with E-state index in [4.69, 9.17) is 0 Å². The molecule has 0 N–H and O–H groups in total. The van der Waals surface area contributed by atoms with Gasteiger partial charge in [-0.25, -0.2) is 4.79 Å². The summed E-state index contributed by atoms with van der Waals surface area (Å²) < 4.78 is 25.7. The van der Waals surface area contributed by atoms with Crippen molar-refractivity contribution in [2.45, 2.75) is 4.90 Å². The van der Waals surface area contributed by atoms with Crippen molar-refractivity contribution in [2.75, 3.05) is 7.11 Å². The molecule has 14 heavy (non-hydrogen) atoms. The van der Waals surface area contributed by atoms with Crippen molar-refractivity contribution in [3.63, 3.8) is 0 Å². The molecule has 0 aliphatic rings. The Kier molecular flexibility index (Phi) is 6.22. The molecule has 1 aromatic carbocycles. The topological polar surface area (TPSA) is 66.4 Å². The molecule has 1 unspecified atom stereocenters. The maximum Gasteiger partial charge on any atom is 1.00 e. The minimum Gasteiger partial charge on any atom is -0.768 e. The number of hydrogen-bond donors (Lipinski definition) is 0. The van der Waals surface area contributed by atoms with E-state index >= 15 is 0 Å². The molecule has 0 spiro atoms. The van der Waals surface area contributed by atoms with Crippen LogP contribution in [0.5, 0.6) is 0 Å². The number of benzene rings is 1. The normalized spacial score (nSPS) is 11.3. The maximum atomic E-state index is 11.0. The van der Waals surface area contributed by atoms with E-state index in [1.165, 1.54) is 25.3 Å². The van der Waals surface area contributed by atoms with Crippen LogP contribution in [0.15, 0.2) is 29.2 Å². The molecule has 1 atom stereocenters. The van der Waals surface area contributed by atoms with E-state index in [-0.39, 0.29) is 40.0 Å². The van der Waals surface area contributed by atoms with Crippen molar-refractivity contribution in [1.82, 2.24) is 0 Å². The predicted molar refractivity (Wildman–Crippen MR) is 45.0 cm³/mol. The van der Waals surface area contributed by atoms with Gasteiger partial charge in [0.1, 0.15) is 0 Å². The fraction of sp³-hybridized carbons (Fsp3) is 0.125. The quantitative estimate of drug-likeness (QED) is 0.321. The Hall–Kier alpha value is -0.200. The summed E-state index contributed by atoms with van der Waals surface area (Å²) >= 11 is -2.41. The van der Waals surface area contributed by atoms with Crippen molar-refractivity contribution in [1.29, 1.82) is 0 Å². The summed E-state index contributed by atoms with van der Waals surface area (Å²) in [5, 5.41) is 0. The molecule has 0 aliphatic heterocycles. The number of methoxy groups -OCH3 is 1. The summed E-state index contributed by atoms with van der Waals surface area (Å²) in [6.45, 7) is 0. The summed E-state index contributed by atoms with van der Waals surface area (Å²) in [4.78, 5) is 11.0. The molecule has 0 amide bonds. The first-order valence-electron chi connectivity index (χ1n) is 3.43. The average Bonchev–Trinajstić information content (AvgIpc) is 2.16. The first-order chi connectivity index (χ1) is 6.16. The summed E-state index contributed by atoms with van der Waals surface area (Å²) in [6, 6.07) is 5.85. The van der Waals surface area contributed by atoms with Gasteiger partial charge in [-0.3, -0.25) is 4.21 Å². The molecule has 1 rings (SSSR count). The molecule has 0 heterocycles. The zero-order valence-electron chi connectivity index (χ0n) is 7.85. The zero-order chi connectivity index (χ0) is 9.84. The Balaban J connectivity index is 0.00000169. The molecule has 70 valence electrons. The summed E-state index contributed by atoms with van der Waals surface area (Å²) in [5.41, 5.74) is 0.0540. The molecular formula is C8H7NaO4S. The molecule has 0 aliphatic carbocycles. The van der Waals surface area contributed by atoms with Crippen LogP contribution in [0.25, 0.3) is 0 Å². The van der Waals surface area contributed by atoms with Crippen LogP contribution in [0.1, 0.15) is 10.4 Å². The van der Waals surface area contributed by atoms with E-state index in [1.54, 1.807) is 6.07 Å². The van der Waals surface area contributed by atoms with E-state index in [0.717, 1.165) is 0 Å². The first kappa shape index (κ1) is 13.8. The number of carbonyl (C=O) groups excluding carboxylic acids is 1. The Bertz CT molecular complexity index is 353. The van der Waals surface area contributed by atoms with Crippen LogP contribution < -0.4 is 29.6 Å². The zero-order valence-corrected chi connectivity index (χ0v) is 10.7. The van der Waals surface area contributed by atoms with Crippen molar-refractivity contribution in [3.05, 3.63) is 29.8 Å². The van der Waals surface area contributed by atoms with E-state index in [9.17, 15) is 13.6 Å². The number of esters is 1.